The molecule has 154 valence electrons. The van der Waals surface area contributed by atoms with Crippen LogP contribution in [0.25, 0.3) is 43.1 Å². The molecule has 0 aliphatic carbocycles. The van der Waals surface area contributed by atoms with E-state index < -0.39 is 7.12 Å². The fourth-order valence-electron chi connectivity index (χ4n) is 4.33. The maximum Gasteiger partial charge on any atom is 0.489 e. The summed E-state index contributed by atoms with van der Waals surface area (Å²) in [5, 5.41) is 37.1. The zero-order chi connectivity index (χ0) is 22.1. The van der Waals surface area contributed by atoms with E-state index in [2.05, 4.69) is 6.07 Å². The van der Waals surface area contributed by atoms with E-state index in [9.17, 15) is 15.2 Å². The Morgan fingerprint density at radius 2 is 0.844 bits per heavy atom. The van der Waals surface area contributed by atoms with E-state index in [1.807, 2.05) is 103 Å². The van der Waals surface area contributed by atoms with Crippen LogP contribution in [-0.2, 0) is 0 Å². The van der Waals surface area contributed by atoms with Gasteiger partial charge in [-0.15, -0.1) is 0 Å². The van der Waals surface area contributed by atoms with Crippen LogP contribution in [0.15, 0.2) is 109 Å². The first-order chi connectivity index (χ1) is 15.6. The third-order valence-corrected chi connectivity index (χ3v) is 5.82. The molecule has 6 aromatic carbocycles. The zero-order valence-electron chi connectivity index (χ0n) is 17.3. The van der Waals surface area contributed by atoms with Crippen LogP contribution in [0.1, 0.15) is 0 Å². The first kappa shape index (κ1) is 20.1. The summed E-state index contributed by atoms with van der Waals surface area (Å²) in [7, 11) is -1.44. The average molecular weight is 416 g/mol. The van der Waals surface area contributed by atoms with Crippen molar-refractivity contribution in [2.45, 2.75) is 0 Å². The van der Waals surface area contributed by atoms with Crippen LogP contribution in [0.4, 0.5) is 0 Å². The second-order valence-corrected chi connectivity index (χ2v) is 7.77. The second-order valence-electron chi connectivity index (χ2n) is 7.77. The highest BCUT2D eigenvalue weighted by molar-refractivity contribution is 6.62. The van der Waals surface area contributed by atoms with E-state index in [1.54, 1.807) is 0 Å². The molecule has 0 atom stereocenters. The third kappa shape index (κ3) is 3.56. The average Bonchev–Trinajstić information content (AvgIpc) is 2.84. The fraction of sp³-hybridized carbons (Fsp3) is 0. The van der Waals surface area contributed by atoms with Gasteiger partial charge in [0.1, 0.15) is 5.75 Å². The van der Waals surface area contributed by atoms with E-state index in [0.29, 0.717) is 11.2 Å². The molecule has 4 heteroatoms. The van der Waals surface area contributed by atoms with Crippen molar-refractivity contribution < 1.29 is 15.2 Å². The maximum atomic E-state index is 9.87. The standard InChI is InChI=1S/C14H11BO2.C14H10O/c16-15(17)14-9-10-5-1-2-6-11(10)12-7-3-4-8-13(12)14;15-14-9-10-5-1-2-6-11(10)12-7-3-4-8-13(12)14/h1-9,16-17H;1-9,15H. The molecule has 32 heavy (non-hydrogen) atoms. The van der Waals surface area contributed by atoms with Crippen molar-refractivity contribution in [3.05, 3.63) is 109 Å². The number of rotatable bonds is 1. The van der Waals surface area contributed by atoms with Gasteiger partial charge in [0, 0.05) is 5.39 Å². The molecule has 0 amide bonds. The molecular weight excluding hydrogens is 395 g/mol. The summed E-state index contributed by atoms with van der Waals surface area (Å²) in [5.74, 6) is 0.351. The van der Waals surface area contributed by atoms with Crippen molar-refractivity contribution in [3.63, 3.8) is 0 Å². The molecule has 0 saturated carbocycles. The lowest BCUT2D eigenvalue weighted by molar-refractivity contribution is 0.426. The number of aromatic hydroxyl groups is 1. The Morgan fingerprint density at radius 3 is 1.41 bits per heavy atom. The monoisotopic (exact) mass is 416 g/mol. The molecule has 0 spiro atoms. The van der Waals surface area contributed by atoms with Crippen LogP contribution >= 0.6 is 0 Å². The summed E-state index contributed by atoms with van der Waals surface area (Å²) in [6.45, 7) is 0. The van der Waals surface area contributed by atoms with Crippen molar-refractivity contribution in [1.82, 2.24) is 0 Å². The van der Waals surface area contributed by atoms with Gasteiger partial charge in [-0.3, -0.25) is 0 Å². The molecule has 0 aromatic heterocycles. The van der Waals surface area contributed by atoms with Gasteiger partial charge in [-0.05, 0) is 49.2 Å². The summed E-state index contributed by atoms with van der Waals surface area (Å²) in [6, 6.07) is 35.4. The van der Waals surface area contributed by atoms with Crippen molar-refractivity contribution in [2.75, 3.05) is 0 Å². The van der Waals surface area contributed by atoms with Gasteiger partial charge in [-0.25, -0.2) is 0 Å². The van der Waals surface area contributed by atoms with Crippen LogP contribution in [0, 0.1) is 0 Å². The summed E-state index contributed by atoms with van der Waals surface area (Å²) < 4.78 is 0. The number of fused-ring (bicyclic) bond motifs is 6. The van der Waals surface area contributed by atoms with Crippen molar-refractivity contribution in [1.29, 1.82) is 0 Å². The lowest BCUT2D eigenvalue weighted by Gasteiger charge is -2.09. The largest absolute Gasteiger partial charge is 0.507 e. The van der Waals surface area contributed by atoms with Gasteiger partial charge >= 0.3 is 7.12 Å². The first-order valence-electron chi connectivity index (χ1n) is 10.5. The highest BCUT2D eigenvalue weighted by Gasteiger charge is 2.16. The Balaban J connectivity index is 0.000000136. The minimum Gasteiger partial charge on any atom is -0.507 e. The number of phenolic OH excluding ortho intramolecular Hbond substituents is 1. The summed E-state index contributed by atoms with van der Waals surface area (Å²) in [4.78, 5) is 0. The molecule has 0 fully saturated rings. The normalized spacial score (nSPS) is 10.9. The Labute approximate surface area is 185 Å². The minimum atomic E-state index is -1.44. The van der Waals surface area contributed by atoms with Crippen molar-refractivity contribution >= 4 is 55.7 Å². The summed E-state index contributed by atoms with van der Waals surface area (Å²) in [6.07, 6.45) is 0. The molecular formula is C28H21BO3. The highest BCUT2D eigenvalue weighted by Crippen LogP contribution is 2.32. The molecule has 0 bridgehead atoms. The molecule has 0 saturated heterocycles. The number of phenols is 1. The van der Waals surface area contributed by atoms with Gasteiger partial charge in [0.25, 0.3) is 0 Å². The molecule has 0 aliphatic heterocycles. The van der Waals surface area contributed by atoms with Crippen molar-refractivity contribution in [3.8, 4) is 5.75 Å². The molecule has 3 nitrogen and oxygen atoms in total. The number of hydrogen-bond donors (Lipinski definition) is 3. The Hall–Kier alpha value is -3.86. The van der Waals surface area contributed by atoms with Gasteiger partial charge in [0.15, 0.2) is 0 Å². The molecule has 6 aromatic rings. The van der Waals surface area contributed by atoms with Crippen LogP contribution in [0.2, 0.25) is 0 Å². The number of benzene rings is 6. The Morgan fingerprint density at radius 1 is 0.438 bits per heavy atom. The lowest BCUT2D eigenvalue weighted by Crippen LogP contribution is -2.30. The number of hydrogen-bond acceptors (Lipinski definition) is 3. The minimum absolute atomic E-state index is 0.351. The van der Waals surface area contributed by atoms with E-state index in [4.69, 9.17) is 0 Å². The van der Waals surface area contributed by atoms with Crippen LogP contribution in [0.5, 0.6) is 5.75 Å². The van der Waals surface area contributed by atoms with Gasteiger partial charge in [0.05, 0.1) is 0 Å². The summed E-state index contributed by atoms with van der Waals surface area (Å²) in [5.41, 5.74) is 0.555. The Bertz CT molecular complexity index is 1570. The molecule has 3 N–H and O–H groups in total. The molecule has 0 unspecified atom stereocenters. The van der Waals surface area contributed by atoms with E-state index in [1.165, 1.54) is 5.39 Å². The highest BCUT2D eigenvalue weighted by atomic mass is 16.4. The first-order valence-corrected chi connectivity index (χ1v) is 10.5. The van der Waals surface area contributed by atoms with Gasteiger partial charge < -0.3 is 15.2 Å². The van der Waals surface area contributed by atoms with Crippen LogP contribution in [0.3, 0.4) is 0 Å². The third-order valence-electron chi connectivity index (χ3n) is 5.82. The van der Waals surface area contributed by atoms with Gasteiger partial charge in [-0.1, -0.05) is 103 Å². The summed E-state index contributed by atoms with van der Waals surface area (Å²) >= 11 is 0. The fourth-order valence-corrected chi connectivity index (χ4v) is 4.33. The lowest BCUT2D eigenvalue weighted by atomic mass is 9.76. The van der Waals surface area contributed by atoms with E-state index in [0.717, 1.165) is 37.7 Å². The van der Waals surface area contributed by atoms with Crippen LogP contribution < -0.4 is 5.46 Å². The van der Waals surface area contributed by atoms with Crippen molar-refractivity contribution in [2.24, 2.45) is 0 Å². The van der Waals surface area contributed by atoms with Gasteiger partial charge in [-0.2, -0.15) is 0 Å². The van der Waals surface area contributed by atoms with Gasteiger partial charge in [0.2, 0.25) is 0 Å². The topological polar surface area (TPSA) is 60.7 Å². The van der Waals surface area contributed by atoms with E-state index in [-0.39, 0.29) is 0 Å². The molecule has 0 aliphatic rings. The van der Waals surface area contributed by atoms with E-state index >= 15 is 0 Å². The quantitative estimate of drug-likeness (QED) is 0.250. The molecule has 0 radical (unpaired) electrons. The smallest absolute Gasteiger partial charge is 0.489 e. The zero-order valence-corrected chi connectivity index (χ0v) is 17.3. The second kappa shape index (κ2) is 8.35. The van der Waals surface area contributed by atoms with Crippen LogP contribution in [-0.4, -0.2) is 22.3 Å². The predicted molar refractivity (Wildman–Crippen MR) is 134 cm³/mol. The Kier molecular flexibility index (Phi) is 5.24. The predicted octanol–water partition coefficient (Wildman–Crippen LogP) is 5.37. The molecule has 6 rings (SSSR count). The maximum absolute atomic E-state index is 9.87. The molecule has 0 heterocycles. The SMILES string of the molecule is OB(O)c1cc2ccccc2c2ccccc12.Oc1cc2ccccc2c2ccccc12.